The molecule has 11 nitrogen and oxygen atoms in total. The fraction of sp³-hybridized carbons (Fsp3) is 0.324. The maximum atomic E-state index is 13.3. The van der Waals surface area contributed by atoms with Crippen molar-refractivity contribution in [3.63, 3.8) is 0 Å². The van der Waals surface area contributed by atoms with Gasteiger partial charge in [-0.05, 0) is 56.0 Å². The van der Waals surface area contributed by atoms with Crippen molar-refractivity contribution in [1.29, 1.82) is 0 Å². The predicted octanol–water partition coefficient (Wildman–Crippen LogP) is 6.40. The van der Waals surface area contributed by atoms with E-state index < -0.39 is 7.14 Å². The Morgan fingerprint density at radius 2 is 1.68 bits per heavy atom. The van der Waals surface area contributed by atoms with Crippen molar-refractivity contribution < 1.29 is 14.1 Å². The molecule has 0 atom stereocenters. The number of para-hydroxylation sites is 1. The molecular formula is C37H44ClN8O3P. The lowest BCUT2D eigenvalue weighted by molar-refractivity contribution is -0.111. The molecule has 0 spiro atoms. The van der Waals surface area contributed by atoms with Gasteiger partial charge in [0.2, 0.25) is 11.9 Å². The highest BCUT2D eigenvalue weighted by Gasteiger charge is 2.28. The Kier molecular flexibility index (Phi) is 11.4. The van der Waals surface area contributed by atoms with Crippen LogP contribution in [0, 0.1) is 0 Å². The van der Waals surface area contributed by atoms with Crippen LogP contribution in [-0.2, 0) is 9.36 Å². The lowest BCUT2D eigenvalue weighted by atomic mass is 10.0. The lowest BCUT2D eigenvalue weighted by Gasteiger charge is -2.41. The third-order valence-corrected chi connectivity index (χ3v) is 10.8. The van der Waals surface area contributed by atoms with E-state index in [1.54, 1.807) is 26.5 Å². The number of anilines is 6. The van der Waals surface area contributed by atoms with Crippen molar-refractivity contribution in [3.8, 4) is 5.75 Å². The number of hydrogen-bond donors (Lipinski definition) is 4. The summed E-state index contributed by atoms with van der Waals surface area (Å²) in [6.07, 6.45) is 6.90. The Bertz CT molecular complexity index is 1870. The zero-order valence-electron chi connectivity index (χ0n) is 28.7. The molecule has 0 radical (unpaired) electrons. The number of nitrogens with one attached hydrogen (secondary N) is 4. The molecule has 1 aromatic heterocycles. The second-order valence-electron chi connectivity index (χ2n) is 12.8. The molecule has 0 aliphatic carbocycles. The summed E-state index contributed by atoms with van der Waals surface area (Å²) in [5, 5.41) is 14.1. The number of benzene rings is 3. The first-order chi connectivity index (χ1) is 24.2. The number of nitrogens with zero attached hydrogens (tertiary/aromatic N) is 4. The Labute approximate surface area is 298 Å². The van der Waals surface area contributed by atoms with Gasteiger partial charge in [0, 0.05) is 62.8 Å². The maximum Gasteiger partial charge on any atom is 0.248 e. The van der Waals surface area contributed by atoms with Crippen molar-refractivity contribution in [2.24, 2.45) is 0 Å². The summed E-state index contributed by atoms with van der Waals surface area (Å²) < 4.78 is 18.8. The number of methoxy groups -OCH3 is 1. The van der Waals surface area contributed by atoms with E-state index in [-0.39, 0.29) is 11.9 Å². The summed E-state index contributed by atoms with van der Waals surface area (Å²) in [6, 6.07) is 21.5. The van der Waals surface area contributed by atoms with E-state index in [0.29, 0.717) is 45.0 Å². The Balaban J connectivity index is 1.28. The van der Waals surface area contributed by atoms with E-state index in [2.05, 4.69) is 41.0 Å². The number of carbonyl (C=O) groups is 1. The SMILES string of the molecule is COc1cc(N2CCC(N3CCNCC3)CC2)c(NC(=O)/C=C/c2ccccc2)cc1Nc1ncc(Cl)c(Nc2ccccc2P(C)(C)=O)n1. The summed E-state index contributed by atoms with van der Waals surface area (Å²) in [7, 11) is -0.969. The molecule has 2 aliphatic heterocycles. The van der Waals surface area contributed by atoms with Crippen LogP contribution < -0.4 is 36.2 Å². The van der Waals surface area contributed by atoms with Gasteiger partial charge in [-0.1, -0.05) is 54.1 Å². The number of ether oxygens (including phenoxy) is 1. The van der Waals surface area contributed by atoms with Gasteiger partial charge in [0.25, 0.3) is 0 Å². The van der Waals surface area contributed by atoms with Crippen molar-refractivity contribution >= 4 is 70.5 Å². The van der Waals surface area contributed by atoms with E-state index in [4.69, 9.17) is 16.3 Å². The van der Waals surface area contributed by atoms with E-state index >= 15 is 0 Å². The number of piperidine rings is 1. The van der Waals surface area contributed by atoms with Crippen LogP contribution in [-0.4, -0.2) is 86.5 Å². The zero-order valence-corrected chi connectivity index (χ0v) is 30.3. The first kappa shape index (κ1) is 35.4. The average molecular weight is 715 g/mol. The maximum absolute atomic E-state index is 13.3. The molecule has 4 N–H and O–H groups in total. The third kappa shape index (κ3) is 8.84. The smallest absolute Gasteiger partial charge is 0.248 e. The Hall–Kier alpha value is -4.41. The van der Waals surface area contributed by atoms with Crippen molar-refractivity contribution in [3.05, 3.63) is 89.6 Å². The molecule has 3 heterocycles. The molecule has 50 heavy (non-hydrogen) atoms. The largest absolute Gasteiger partial charge is 0.494 e. The van der Waals surface area contributed by atoms with Gasteiger partial charge in [0.1, 0.15) is 17.9 Å². The number of carbonyl (C=O) groups excluding carboxylic acids is 1. The van der Waals surface area contributed by atoms with E-state index in [9.17, 15) is 9.36 Å². The van der Waals surface area contributed by atoms with Gasteiger partial charge in [-0.2, -0.15) is 4.98 Å². The highest BCUT2D eigenvalue weighted by Crippen LogP contribution is 2.41. The highest BCUT2D eigenvalue weighted by atomic mass is 35.5. The van der Waals surface area contributed by atoms with Crippen LogP contribution >= 0.6 is 18.7 Å². The minimum Gasteiger partial charge on any atom is -0.494 e. The molecule has 4 aromatic rings. The third-order valence-electron chi connectivity index (χ3n) is 9.00. The minimum absolute atomic E-state index is 0.251. The number of hydrogen-bond acceptors (Lipinski definition) is 10. The molecule has 13 heteroatoms. The molecule has 3 aromatic carbocycles. The average Bonchev–Trinajstić information content (AvgIpc) is 3.13. The molecule has 262 valence electrons. The van der Waals surface area contributed by atoms with Gasteiger partial charge in [-0.15, -0.1) is 0 Å². The topological polar surface area (TPSA) is 124 Å². The van der Waals surface area contributed by atoms with Crippen molar-refractivity contribution in [2.45, 2.75) is 18.9 Å². The molecular weight excluding hydrogens is 671 g/mol. The number of amides is 1. The van der Waals surface area contributed by atoms with Gasteiger partial charge in [0.15, 0.2) is 5.82 Å². The molecule has 0 unspecified atom stereocenters. The highest BCUT2D eigenvalue weighted by molar-refractivity contribution is 7.70. The van der Waals surface area contributed by atoms with Crippen LogP contribution in [0.4, 0.5) is 34.5 Å². The van der Waals surface area contributed by atoms with Crippen LogP contribution in [0.25, 0.3) is 6.08 Å². The van der Waals surface area contributed by atoms with Crippen LogP contribution in [0.1, 0.15) is 18.4 Å². The lowest BCUT2D eigenvalue weighted by Crippen LogP contribution is -2.52. The second kappa shape index (κ2) is 16.1. The minimum atomic E-state index is -2.58. The van der Waals surface area contributed by atoms with Gasteiger partial charge in [0.05, 0.1) is 36.1 Å². The molecule has 0 saturated carbocycles. The van der Waals surface area contributed by atoms with Gasteiger partial charge >= 0.3 is 0 Å². The predicted molar refractivity (Wildman–Crippen MR) is 206 cm³/mol. The van der Waals surface area contributed by atoms with Crippen LogP contribution in [0.3, 0.4) is 0 Å². The number of rotatable bonds is 11. The van der Waals surface area contributed by atoms with Crippen LogP contribution in [0.2, 0.25) is 5.02 Å². The van der Waals surface area contributed by atoms with E-state index in [1.165, 1.54) is 12.3 Å². The molecule has 0 bridgehead atoms. The zero-order chi connectivity index (χ0) is 35.1. The molecule has 2 aliphatic rings. The monoisotopic (exact) mass is 714 g/mol. The second-order valence-corrected chi connectivity index (χ2v) is 16.4. The molecule has 6 rings (SSSR count). The Morgan fingerprint density at radius 1 is 0.960 bits per heavy atom. The number of aromatic nitrogens is 2. The fourth-order valence-electron chi connectivity index (χ4n) is 6.44. The summed E-state index contributed by atoms with van der Waals surface area (Å²) >= 11 is 6.52. The van der Waals surface area contributed by atoms with Crippen molar-refractivity contribution in [2.75, 3.05) is 80.6 Å². The summed E-state index contributed by atoms with van der Waals surface area (Å²) in [4.78, 5) is 27.3. The molecule has 2 saturated heterocycles. The van der Waals surface area contributed by atoms with E-state index in [0.717, 1.165) is 63.4 Å². The van der Waals surface area contributed by atoms with Crippen molar-refractivity contribution in [1.82, 2.24) is 20.2 Å². The molecule has 2 fully saturated rings. The quantitative estimate of drug-likeness (QED) is 0.103. The summed E-state index contributed by atoms with van der Waals surface area (Å²) in [5.41, 5.74) is 3.67. The van der Waals surface area contributed by atoms with Gasteiger partial charge in [-0.25, -0.2) is 4.98 Å². The standard InChI is InChI=1S/C37H44ClN8O3P/c1-49-33-24-32(46-19-15-27(16-20-46)45-21-17-39-18-22-45)30(41-35(47)14-13-26-9-5-4-6-10-26)23-31(33)43-37-40-25-28(38)36(44-37)42-29-11-7-8-12-34(29)50(2,3)48/h4-14,23-25,27,39H,15-22H2,1-3H3,(H,41,47)(H2,40,42,43,44)/b14-13+. The first-order valence-corrected chi connectivity index (χ1v) is 19.8. The first-order valence-electron chi connectivity index (χ1n) is 16.8. The summed E-state index contributed by atoms with van der Waals surface area (Å²) in [6.45, 7) is 9.35. The van der Waals surface area contributed by atoms with Crippen LogP contribution in [0.5, 0.6) is 5.75 Å². The van der Waals surface area contributed by atoms with E-state index in [1.807, 2.05) is 66.7 Å². The number of halogens is 1. The fourth-order valence-corrected chi connectivity index (χ4v) is 7.73. The van der Waals surface area contributed by atoms with Gasteiger partial charge < -0.3 is 35.5 Å². The Morgan fingerprint density at radius 3 is 2.40 bits per heavy atom. The summed E-state index contributed by atoms with van der Waals surface area (Å²) in [5.74, 6) is 0.930. The number of piperazine rings is 1. The van der Waals surface area contributed by atoms with Crippen LogP contribution in [0.15, 0.2) is 79.0 Å². The normalized spacial score (nSPS) is 16.0. The van der Waals surface area contributed by atoms with Gasteiger partial charge in [-0.3, -0.25) is 9.69 Å². The molecule has 1 amide bonds.